The Labute approximate surface area is 199 Å². The summed E-state index contributed by atoms with van der Waals surface area (Å²) >= 11 is 0. The molecule has 0 atom stereocenters. The molecule has 1 aliphatic rings. The molecule has 2 rings (SSSR count). The third kappa shape index (κ3) is 10.5. The number of rotatable bonds is 10. The molecule has 1 amide bonds. The van der Waals surface area contributed by atoms with Gasteiger partial charge in [-0.3, -0.25) is 4.79 Å². The molecule has 0 aromatic heterocycles. The number of hydrogen-bond donors (Lipinski definition) is 8. The normalized spacial score (nSPS) is 25.8. The largest absolute Gasteiger partial charge is 0.329 e. The molecule has 1 aromatic rings. The van der Waals surface area contributed by atoms with E-state index in [1.54, 1.807) is 0 Å². The number of carbonyl (C=O) groups excluding carboxylic acids is 1. The van der Waals surface area contributed by atoms with Crippen LogP contribution in [0.2, 0.25) is 0 Å². The van der Waals surface area contributed by atoms with Gasteiger partial charge in [0.15, 0.2) is 0 Å². The van der Waals surface area contributed by atoms with Crippen LogP contribution in [-0.4, -0.2) is 82.9 Å². The van der Waals surface area contributed by atoms with Crippen LogP contribution in [0.15, 0.2) is 24.3 Å². The SMILES string of the molecule is CCCNCC1(N)CNCCNCC(CC)(NCc2ccc(NC=O)cc2)CNCCNC1. The average Bonchev–Trinajstić information content (AvgIpc) is 2.82. The third-order valence-corrected chi connectivity index (χ3v) is 6.27. The average molecular weight is 463 g/mol. The molecule has 0 spiro atoms. The zero-order valence-electron chi connectivity index (χ0n) is 20.6. The second-order valence-electron chi connectivity index (χ2n) is 9.19. The Morgan fingerprint density at radius 2 is 1.52 bits per heavy atom. The monoisotopic (exact) mass is 462 g/mol. The first-order valence-corrected chi connectivity index (χ1v) is 12.4. The van der Waals surface area contributed by atoms with E-state index < -0.39 is 0 Å². The van der Waals surface area contributed by atoms with E-state index in [9.17, 15) is 4.79 Å². The van der Waals surface area contributed by atoms with Gasteiger partial charge in [-0.25, -0.2) is 0 Å². The maximum atomic E-state index is 10.6. The molecular weight excluding hydrogens is 416 g/mol. The molecule has 9 nitrogen and oxygen atoms in total. The Kier molecular flexibility index (Phi) is 12.9. The molecule has 1 aliphatic heterocycles. The number of carbonyl (C=O) groups is 1. The summed E-state index contributed by atoms with van der Waals surface area (Å²) in [4.78, 5) is 10.6. The molecule has 1 aromatic carbocycles. The number of benzene rings is 1. The van der Waals surface area contributed by atoms with Gasteiger partial charge in [-0.1, -0.05) is 26.0 Å². The van der Waals surface area contributed by atoms with Gasteiger partial charge < -0.3 is 43.0 Å². The minimum absolute atomic E-state index is 0.0501. The van der Waals surface area contributed by atoms with Gasteiger partial charge in [0.1, 0.15) is 0 Å². The van der Waals surface area contributed by atoms with E-state index in [1.807, 2.05) is 24.3 Å². The van der Waals surface area contributed by atoms with Crippen LogP contribution in [0.1, 0.15) is 32.3 Å². The van der Waals surface area contributed by atoms with Crippen molar-refractivity contribution < 1.29 is 4.79 Å². The van der Waals surface area contributed by atoms with Crippen LogP contribution < -0.4 is 43.0 Å². The van der Waals surface area contributed by atoms with Crippen molar-refractivity contribution >= 4 is 12.1 Å². The summed E-state index contributed by atoms with van der Waals surface area (Å²) in [6.45, 7) is 13.8. The molecule has 9 N–H and O–H groups in total. The lowest BCUT2D eigenvalue weighted by atomic mass is 9.94. The van der Waals surface area contributed by atoms with Crippen molar-refractivity contribution in [2.75, 3.05) is 70.8 Å². The predicted molar refractivity (Wildman–Crippen MR) is 138 cm³/mol. The lowest BCUT2D eigenvalue weighted by molar-refractivity contribution is -0.105. The van der Waals surface area contributed by atoms with Crippen LogP contribution in [0.4, 0.5) is 5.69 Å². The molecule has 9 heteroatoms. The molecule has 0 radical (unpaired) electrons. The van der Waals surface area contributed by atoms with Gasteiger partial charge in [-0.05, 0) is 37.1 Å². The Hall–Kier alpha value is -1.59. The highest BCUT2D eigenvalue weighted by atomic mass is 16.1. The third-order valence-electron chi connectivity index (χ3n) is 6.27. The summed E-state index contributed by atoms with van der Waals surface area (Å²) < 4.78 is 0. The molecule has 1 fully saturated rings. The van der Waals surface area contributed by atoms with E-state index in [0.29, 0.717) is 6.41 Å². The molecule has 0 aliphatic carbocycles. The Bertz CT molecular complexity index is 638. The number of hydrogen-bond acceptors (Lipinski definition) is 8. The summed E-state index contributed by atoms with van der Waals surface area (Å²) in [6.07, 6.45) is 2.82. The highest BCUT2D eigenvalue weighted by molar-refractivity contribution is 5.71. The van der Waals surface area contributed by atoms with Crippen LogP contribution in [0.25, 0.3) is 0 Å². The van der Waals surface area contributed by atoms with E-state index in [0.717, 1.165) is 90.5 Å². The summed E-state index contributed by atoms with van der Waals surface area (Å²) in [5.74, 6) is 0. The summed E-state index contributed by atoms with van der Waals surface area (Å²) in [5.41, 5.74) is 8.33. The molecule has 1 heterocycles. The van der Waals surface area contributed by atoms with Crippen LogP contribution in [0.5, 0.6) is 0 Å². The standard InChI is InChI=1S/C24H46N8O/c1-3-9-26-15-23(25)16-27-10-12-29-18-24(4-2,19-30-13-11-28-17-23)32-14-21-5-7-22(8-6-21)31-20-33/h5-8,20,26-30,32H,3-4,9-19,25H2,1-2H3,(H,31,33). The maximum Gasteiger partial charge on any atom is 0.211 e. The first-order valence-electron chi connectivity index (χ1n) is 12.4. The van der Waals surface area contributed by atoms with Gasteiger partial charge in [0.2, 0.25) is 6.41 Å². The fraction of sp³-hybridized carbons (Fsp3) is 0.708. The van der Waals surface area contributed by atoms with E-state index in [-0.39, 0.29) is 11.1 Å². The Balaban J connectivity index is 1.90. The zero-order valence-corrected chi connectivity index (χ0v) is 20.6. The van der Waals surface area contributed by atoms with E-state index >= 15 is 0 Å². The minimum Gasteiger partial charge on any atom is -0.329 e. The second-order valence-corrected chi connectivity index (χ2v) is 9.19. The van der Waals surface area contributed by atoms with Gasteiger partial charge in [-0.15, -0.1) is 0 Å². The van der Waals surface area contributed by atoms with Crippen molar-refractivity contribution in [3.63, 3.8) is 0 Å². The van der Waals surface area contributed by atoms with Gasteiger partial charge in [0, 0.05) is 76.7 Å². The van der Waals surface area contributed by atoms with E-state index in [2.05, 4.69) is 51.1 Å². The van der Waals surface area contributed by atoms with Crippen molar-refractivity contribution in [1.82, 2.24) is 31.9 Å². The topological polar surface area (TPSA) is 127 Å². The lowest BCUT2D eigenvalue weighted by Gasteiger charge is -2.36. The van der Waals surface area contributed by atoms with Gasteiger partial charge in [0.25, 0.3) is 0 Å². The fourth-order valence-corrected chi connectivity index (χ4v) is 4.02. The molecule has 33 heavy (non-hydrogen) atoms. The molecular formula is C24H46N8O. The molecule has 0 bridgehead atoms. The van der Waals surface area contributed by atoms with Crippen LogP contribution in [0.3, 0.4) is 0 Å². The molecule has 0 saturated carbocycles. The molecule has 188 valence electrons. The number of anilines is 1. The van der Waals surface area contributed by atoms with Crippen molar-refractivity contribution in [2.24, 2.45) is 5.73 Å². The highest BCUT2D eigenvalue weighted by Crippen LogP contribution is 2.13. The minimum atomic E-state index is -0.301. The van der Waals surface area contributed by atoms with Crippen molar-refractivity contribution in [3.05, 3.63) is 29.8 Å². The van der Waals surface area contributed by atoms with Gasteiger partial charge >= 0.3 is 0 Å². The quantitative estimate of drug-likeness (QED) is 0.174. The summed E-state index contributed by atoms with van der Waals surface area (Å²) in [7, 11) is 0. The highest BCUT2D eigenvalue weighted by Gasteiger charge is 2.28. The predicted octanol–water partition coefficient (Wildman–Crippen LogP) is -0.438. The first-order chi connectivity index (χ1) is 16.0. The lowest BCUT2D eigenvalue weighted by Crippen LogP contribution is -2.63. The zero-order chi connectivity index (χ0) is 23.8. The Morgan fingerprint density at radius 1 is 0.939 bits per heavy atom. The van der Waals surface area contributed by atoms with Gasteiger partial charge in [-0.2, -0.15) is 0 Å². The number of nitrogens with two attached hydrogens (primary N) is 1. The van der Waals surface area contributed by atoms with Gasteiger partial charge in [0.05, 0.1) is 5.54 Å². The van der Waals surface area contributed by atoms with Crippen LogP contribution in [0, 0.1) is 0 Å². The van der Waals surface area contributed by atoms with Crippen LogP contribution >= 0.6 is 0 Å². The van der Waals surface area contributed by atoms with Crippen molar-refractivity contribution in [1.29, 1.82) is 0 Å². The second kappa shape index (κ2) is 15.3. The number of nitrogens with one attached hydrogen (secondary N) is 7. The van der Waals surface area contributed by atoms with Crippen molar-refractivity contribution in [2.45, 2.75) is 44.3 Å². The smallest absolute Gasteiger partial charge is 0.211 e. The molecule has 1 saturated heterocycles. The first kappa shape index (κ1) is 27.7. The van der Waals surface area contributed by atoms with E-state index in [1.165, 1.54) is 5.56 Å². The van der Waals surface area contributed by atoms with E-state index in [4.69, 9.17) is 5.73 Å². The maximum absolute atomic E-state index is 10.6. The van der Waals surface area contributed by atoms with Crippen LogP contribution in [-0.2, 0) is 11.3 Å². The van der Waals surface area contributed by atoms with Crippen molar-refractivity contribution in [3.8, 4) is 0 Å². The fourth-order valence-electron chi connectivity index (χ4n) is 4.02. The summed E-state index contributed by atoms with van der Waals surface area (Å²) in [6, 6.07) is 7.96. The summed E-state index contributed by atoms with van der Waals surface area (Å²) in [5, 5.41) is 24.3. The molecule has 0 unspecified atom stereocenters. The number of amides is 1. The Morgan fingerprint density at radius 3 is 2.03 bits per heavy atom.